The summed E-state index contributed by atoms with van der Waals surface area (Å²) >= 11 is 0. The number of fused-ring (bicyclic) bond motifs is 3. The molecule has 0 spiro atoms. The van der Waals surface area contributed by atoms with Crippen LogP contribution in [0.5, 0.6) is 0 Å². The van der Waals surface area contributed by atoms with Gasteiger partial charge in [-0.25, -0.2) is 0 Å². The molecule has 5 rings (SSSR count). The molecule has 0 aliphatic carbocycles. The fraction of sp³-hybridized carbons (Fsp3) is 0.0400. The third kappa shape index (κ3) is 2.41. The lowest BCUT2D eigenvalue weighted by atomic mass is 9.94. The zero-order valence-electron chi connectivity index (χ0n) is 14.7. The normalized spacial score (nSPS) is 11.3. The van der Waals surface area contributed by atoms with Gasteiger partial charge in [-0.05, 0) is 47.4 Å². The van der Waals surface area contributed by atoms with E-state index in [-0.39, 0.29) is 0 Å². The molecular formula is C25H19N. The maximum atomic E-state index is 3.61. The van der Waals surface area contributed by atoms with E-state index >= 15 is 0 Å². The number of aromatic amines is 1. The molecule has 1 heteroatoms. The number of aryl methyl sites for hydroxylation is 1. The monoisotopic (exact) mass is 333 g/mol. The summed E-state index contributed by atoms with van der Waals surface area (Å²) < 4.78 is 0. The Morgan fingerprint density at radius 1 is 0.577 bits per heavy atom. The molecule has 0 bridgehead atoms. The molecule has 1 aromatic heterocycles. The third-order valence-corrected chi connectivity index (χ3v) is 5.07. The van der Waals surface area contributed by atoms with Gasteiger partial charge in [0.15, 0.2) is 0 Å². The van der Waals surface area contributed by atoms with Crippen LogP contribution in [0.2, 0.25) is 0 Å². The van der Waals surface area contributed by atoms with Gasteiger partial charge < -0.3 is 4.98 Å². The van der Waals surface area contributed by atoms with Crippen molar-refractivity contribution in [3.8, 4) is 22.3 Å². The van der Waals surface area contributed by atoms with Crippen LogP contribution in [0.15, 0.2) is 91.0 Å². The molecule has 1 nitrogen and oxygen atoms in total. The highest BCUT2D eigenvalue weighted by Crippen LogP contribution is 2.38. The summed E-state index contributed by atoms with van der Waals surface area (Å²) in [5.41, 5.74) is 8.65. The highest BCUT2D eigenvalue weighted by atomic mass is 14.7. The fourth-order valence-corrected chi connectivity index (χ4v) is 3.74. The van der Waals surface area contributed by atoms with Crippen molar-refractivity contribution in [3.05, 3.63) is 96.6 Å². The molecule has 26 heavy (non-hydrogen) atoms. The van der Waals surface area contributed by atoms with E-state index in [1.807, 2.05) is 0 Å². The van der Waals surface area contributed by atoms with Crippen LogP contribution in [0.3, 0.4) is 0 Å². The minimum absolute atomic E-state index is 1.18. The molecule has 1 N–H and O–H groups in total. The largest absolute Gasteiger partial charge is 0.354 e. The predicted molar refractivity (Wildman–Crippen MR) is 111 cm³/mol. The van der Waals surface area contributed by atoms with Gasteiger partial charge in [0.05, 0.1) is 0 Å². The van der Waals surface area contributed by atoms with Gasteiger partial charge in [-0.1, -0.05) is 78.4 Å². The molecule has 0 saturated heterocycles. The Morgan fingerprint density at radius 3 is 2.12 bits per heavy atom. The van der Waals surface area contributed by atoms with E-state index in [4.69, 9.17) is 0 Å². The third-order valence-electron chi connectivity index (χ3n) is 5.07. The van der Waals surface area contributed by atoms with E-state index in [1.54, 1.807) is 0 Å². The van der Waals surface area contributed by atoms with Crippen molar-refractivity contribution in [2.75, 3.05) is 0 Å². The molecule has 1 heterocycles. The SMILES string of the molecule is Cc1ccc(-c2cc(-c3ccccc3)cc3[nH]c4ccccc4c23)cc1. The van der Waals surface area contributed by atoms with Gasteiger partial charge >= 0.3 is 0 Å². The maximum Gasteiger partial charge on any atom is 0.0477 e. The Hall–Kier alpha value is -3.32. The summed E-state index contributed by atoms with van der Waals surface area (Å²) in [4.78, 5) is 3.61. The Bertz CT molecular complexity index is 1210. The Morgan fingerprint density at radius 2 is 1.31 bits per heavy atom. The first-order valence-corrected chi connectivity index (χ1v) is 8.96. The Kier molecular flexibility index (Phi) is 3.39. The van der Waals surface area contributed by atoms with Crippen molar-refractivity contribution in [1.29, 1.82) is 0 Å². The fourth-order valence-electron chi connectivity index (χ4n) is 3.74. The van der Waals surface area contributed by atoms with Crippen molar-refractivity contribution >= 4 is 21.8 Å². The van der Waals surface area contributed by atoms with Crippen molar-refractivity contribution in [2.45, 2.75) is 6.92 Å². The number of benzene rings is 4. The smallest absolute Gasteiger partial charge is 0.0477 e. The second-order valence-corrected chi connectivity index (χ2v) is 6.85. The van der Waals surface area contributed by atoms with Gasteiger partial charge in [0.1, 0.15) is 0 Å². The van der Waals surface area contributed by atoms with Gasteiger partial charge in [0, 0.05) is 21.8 Å². The zero-order valence-corrected chi connectivity index (χ0v) is 14.7. The molecule has 0 amide bonds. The number of hydrogen-bond donors (Lipinski definition) is 1. The van der Waals surface area contributed by atoms with Crippen LogP contribution in [0, 0.1) is 6.92 Å². The van der Waals surface area contributed by atoms with Crippen LogP contribution in [0.25, 0.3) is 44.1 Å². The first-order chi connectivity index (χ1) is 12.8. The number of para-hydroxylation sites is 1. The summed E-state index contributed by atoms with van der Waals surface area (Å²) in [5, 5.41) is 2.57. The van der Waals surface area contributed by atoms with Crippen molar-refractivity contribution in [2.24, 2.45) is 0 Å². The molecule has 0 saturated carbocycles. The van der Waals surface area contributed by atoms with Crippen LogP contribution >= 0.6 is 0 Å². The van der Waals surface area contributed by atoms with E-state index in [2.05, 4.69) is 103 Å². The lowest BCUT2D eigenvalue weighted by Gasteiger charge is -2.10. The van der Waals surface area contributed by atoms with Crippen molar-refractivity contribution < 1.29 is 0 Å². The van der Waals surface area contributed by atoms with Crippen LogP contribution in [-0.4, -0.2) is 4.98 Å². The lowest BCUT2D eigenvalue weighted by molar-refractivity contribution is 1.47. The maximum absolute atomic E-state index is 3.61. The quantitative estimate of drug-likeness (QED) is 0.359. The average molecular weight is 333 g/mol. The zero-order chi connectivity index (χ0) is 17.5. The summed E-state index contributed by atoms with van der Waals surface area (Å²) in [5.74, 6) is 0. The highest BCUT2D eigenvalue weighted by Gasteiger charge is 2.13. The standard InChI is InChI=1S/C25H19N/c1-17-11-13-19(14-12-17)22-15-20(18-7-3-2-4-8-18)16-24-25(22)21-9-5-6-10-23(21)26-24/h2-16,26H,1H3. The molecule has 0 radical (unpaired) electrons. The molecule has 0 fully saturated rings. The number of rotatable bonds is 2. The average Bonchev–Trinajstić information content (AvgIpc) is 3.07. The van der Waals surface area contributed by atoms with E-state index in [0.717, 1.165) is 0 Å². The lowest BCUT2D eigenvalue weighted by Crippen LogP contribution is -1.85. The molecular weight excluding hydrogens is 314 g/mol. The molecule has 124 valence electrons. The summed E-state index contributed by atoms with van der Waals surface area (Å²) in [6, 6.07) is 32.5. The highest BCUT2D eigenvalue weighted by molar-refractivity contribution is 6.15. The number of aromatic nitrogens is 1. The first kappa shape index (κ1) is 15.0. The second-order valence-electron chi connectivity index (χ2n) is 6.85. The van der Waals surface area contributed by atoms with Crippen molar-refractivity contribution in [3.63, 3.8) is 0 Å². The Labute approximate surface area is 152 Å². The Balaban J connectivity index is 1.88. The number of nitrogens with one attached hydrogen (secondary N) is 1. The van der Waals surface area contributed by atoms with E-state index in [9.17, 15) is 0 Å². The summed E-state index contributed by atoms with van der Waals surface area (Å²) in [7, 11) is 0. The van der Waals surface area contributed by atoms with Crippen LogP contribution in [0.1, 0.15) is 5.56 Å². The summed E-state index contributed by atoms with van der Waals surface area (Å²) in [6.45, 7) is 2.13. The van der Waals surface area contributed by atoms with Gasteiger partial charge in [-0.15, -0.1) is 0 Å². The van der Waals surface area contributed by atoms with Gasteiger partial charge in [-0.3, -0.25) is 0 Å². The number of H-pyrrole nitrogens is 1. The molecule has 0 unspecified atom stereocenters. The molecule has 0 aliphatic rings. The topological polar surface area (TPSA) is 15.8 Å². The van der Waals surface area contributed by atoms with Crippen LogP contribution in [-0.2, 0) is 0 Å². The minimum atomic E-state index is 1.18. The van der Waals surface area contributed by atoms with Crippen LogP contribution < -0.4 is 0 Å². The van der Waals surface area contributed by atoms with Gasteiger partial charge in [0.25, 0.3) is 0 Å². The van der Waals surface area contributed by atoms with Crippen molar-refractivity contribution in [1.82, 2.24) is 4.98 Å². The van der Waals surface area contributed by atoms with Gasteiger partial charge in [-0.2, -0.15) is 0 Å². The predicted octanol–water partition coefficient (Wildman–Crippen LogP) is 6.96. The van der Waals surface area contributed by atoms with E-state index in [1.165, 1.54) is 49.6 Å². The first-order valence-electron chi connectivity index (χ1n) is 8.96. The van der Waals surface area contributed by atoms with E-state index in [0.29, 0.717) is 0 Å². The molecule has 4 aromatic carbocycles. The molecule has 0 aliphatic heterocycles. The molecule has 0 atom stereocenters. The second kappa shape index (κ2) is 5.89. The van der Waals surface area contributed by atoms with E-state index < -0.39 is 0 Å². The minimum Gasteiger partial charge on any atom is -0.354 e. The molecule has 5 aromatic rings. The number of hydrogen-bond acceptors (Lipinski definition) is 0. The summed E-state index contributed by atoms with van der Waals surface area (Å²) in [6.07, 6.45) is 0. The van der Waals surface area contributed by atoms with Crippen LogP contribution in [0.4, 0.5) is 0 Å². The van der Waals surface area contributed by atoms with Gasteiger partial charge in [0.2, 0.25) is 0 Å².